The molecule has 31 heavy (non-hydrogen) atoms. The summed E-state index contributed by atoms with van der Waals surface area (Å²) in [5.41, 5.74) is 2.29. The molecule has 0 aliphatic carbocycles. The number of sulfonamides is 1. The second-order valence-electron chi connectivity index (χ2n) is 8.44. The van der Waals surface area contributed by atoms with Crippen molar-refractivity contribution in [3.05, 3.63) is 65.7 Å². The number of hydrogen-bond acceptors (Lipinski definition) is 4. The van der Waals surface area contributed by atoms with Gasteiger partial charge in [-0.3, -0.25) is 4.79 Å². The molecule has 0 atom stereocenters. The molecule has 1 aliphatic rings. The van der Waals surface area contributed by atoms with Gasteiger partial charge in [-0.1, -0.05) is 48.0 Å². The Morgan fingerprint density at radius 1 is 1.06 bits per heavy atom. The molecule has 0 radical (unpaired) electrons. The van der Waals surface area contributed by atoms with Gasteiger partial charge in [-0.2, -0.15) is 4.31 Å². The van der Waals surface area contributed by atoms with Crippen molar-refractivity contribution in [3.63, 3.8) is 0 Å². The highest BCUT2D eigenvalue weighted by Crippen LogP contribution is 2.25. The molecule has 2 aromatic carbocycles. The van der Waals surface area contributed by atoms with Gasteiger partial charge in [0.1, 0.15) is 0 Å². The van der Waals surface area contributed by atoms with E-state index in [4.69, 9.17) is 0 Å². The highest BCUT2D eigenvalue weighted by atomic mass is 32.2. The summed E-state index contributed by atoms with van der Waals surface area (Å²) in [5.74, 6) is 0.277. The Morgan fingerprint density at radius 2 is 1.71 bits per heavy atom. The van der Waals surface area contributed by atoms with Crippen molar-refractivity contribution in [2.45, 2.75) is 37.6 Å². The maximum absolute atomic E-state index is 12.8. The Morgan fingerprint density at radius 3 is 2.35 bits per heavy atom. The third-order valence-electron chi connectivity index (χ3n) is 5.82. The molecule has 7 heteroatoms. The van der Waals surface area contributed by atoms with E-state index in [0.717, 1.165) is 18.7 Å². The van der Waals surface area contributed by atoms with Crippen molar-refractivity contribution >= 4 is 15.9 Å². The first-order valence-electron chi connectivity index (χ1n) is 10.9. The van der Waals surface area contributed by atoms with Crippen LogP contribution in [0.4, 0.5) is 0 Å². The summed E-state index contributed by atoms with van der Waals surface area (Å²) in [6.45, 7) is 5.12. The molecule has 0 aromatic heterocycles. The molecule has 0 bridgehead atoms. The lowest BCUT2D eigenvalue weighted by atomic mass is 9.94. The SMILES string of the molecule is Cc1ccc(S(=O)(=O)N2CCC(CC(=O)NCCN(C)Cc3ccccc3)CC2)cc1. The molecule has 0 unspecified atom stereocenters. The molecule has 1 saturated heterocycles. The van der Waals surface area contributed by atoms with Crippen molar-refractivity contribution in [2.75, 3.05) is 33.2 Å². The van der Waals surface area contributed by atoms with E-state index in [2.05, 4.69) is 22.3 Å². The van der Waals surface area contributed by atoms with E-state index in [1.165, 1.54) is 5.56 Å². The fraction of sp³-hybridized carbons (Fsp3) is 0.458. The lowest BCUT2D eigenvalue weighted by Gasteiger charge is -2.31. The standard InChI is InChI=1S/C24H33N3O3S/c1-20-8-10-23(11-9-20)31(29,30)27-15-12-21(13-16-27)18-24(28)25-14-17-26(2)19-22-6-4-3-5-7-22/h3-11,21H,12-19H2,1-2H3,(H,25,28). The first-order chi connectivity index (χ1) is 14.8. The second kappa shape index (κ2) is 10.9. The fourth-order valence-electron chi connectivity index (χ4n) is 3.91. The zero-order chi connectivity index (χ0) is 22.3. The number of aryl methyl sites for hydroxylation is 1. The quantitative estimate of drug-likeness (QED) is 0.647. The van der Waals surface area contributed by atoms with E-state index in [0.29, 0.717) is 43.8 Å². The Hall–Kier alpha value is -2.22. The lowest BCUT2D eigenvalue weighted by molar-refractivity contribution is -0.122. The highest BCUT2D eigenvalue weighted by molar-refractivity contribution is 7.89. The Labute approximate surface area is 186 Å². The van der Waals surface area contributed by atoms with E-state index in [-0.39, 0.29) is 11.8 Å². The summed E-state index contributed by atoms with van der Waals surface area (Å²) in [7, 11) is -1.41. The van der Waals surface area contributed by atoms with Gasteiger partial charge in [0.2, 0.25) is 15.9 Å². The number of nitrogens with zero attached hydrogens (tertiary/aromatic N) is 2. The molecule has 0 spiro atoms. The van der Waals surface area contributed by atoms with E-state index < -0.39 is 10.0 Å². The van der Waals surface area contributed by atoms with Gasteiger partial charge in [-0.25, -0.2) is 8.42 Å². The van der Waals surface area contributed by atoms with Crippen LogP contribution in [0.25, 0.3) is 0 Å². The van der Waals surface area contributed by atoms with Gasteiger partial charge < -0.3 is 10.2 Å². The van der Waals surface area contributed by atoms with Crippen molar-refractivity contribution in [1.29, 1.82) is 0 Å². The Bertz CT molecular complexity index is 938. The van der Waals surface area contributed by atoms with Gasteiger partial charge in [0.25, 0.3) is 0 Å². The lowest BCUT2D eigenvalue weighted by Crippen LogP contribution is -2.40. The van der Waals surface area contributed by atoms with Gasteiger partial charge in [0.15, 0.2) is 0 Å². The molecule has 1 fully saturated rings. The zero-order valence-electron chi connectivity index (χ0n) is 18.5. The summed E-state index contributed by atoms with van der Waals surface area (Å²) < 4.78 is 27.2. The fourth-order valence-corrected chi connectivity index (χ4v) is 5.38. The number of likely N-dealkylation sites (N-methyl/N-ethyl adjacent to an activating group) is 1. The number of carbonyl (C=O) groups excluding carboxylic acids is 1. The second-order valence-corrected chi connectivity index (χ2v) is 10.4. The van der Waals surface area contributed by atoms with E-state index >= 15 is 0 Å². The molecule has 1 aliphatic heterocycles. The highest BCUT2D eigenvalue weighted by Gasteiger charge is 2.30. The van der Waals surface area contributed by atoms with Crippen LogP contribution >= 0.6 is 0 Å². The average molecular weight is 444 g/mol. The first kappa shape index (κ1) is 23.4. The van der Waals surface area contributed by atoms with Crippen LogP contribution in [0.2, 0.25) is 0 Å². The minimum Gasteiger partial charge on any atom is -0.355 e. The summed E-state index contributed by atoms with van der Waals surface area (Å²) in [6.07, 6.45) is 1.89. The molecular formula is C24H33N3O3S. The molecule has 6 nitrogen and oxygen atoms in total. The number of benzene rings is 2. The predicted octanol–water partition coefficient (Wildman–Crippen LogP) is 3.03. The molecule has 1 heterocycles. The zero-order valence-corrected chi connectivity index (χ0v) is 19.3. The van der Waals surface area contributed by atoms with Crippen LogP contribution < -0.4 is 5.32 Å². The summed E-state index contributed by atoms with van der Waals surface area (Å²) in [5, 5.41) is 3.01. The molecule has 2 aromatic rings. The topological polar surface area (TPSA) is 69.7 Å². The normalized spacial score (nSPS) is 15.8. The molecule has 1 amide bonds. The molecule has 0 saturated carbocycles. The van der Waals surface area contributed by atoms with Gasteiger partial charge in [-0.15, -0.1) is 0 Å². The van der Waals surface area contributed by atoms with Gasteiger partial charge in [0, 0.05) is 39.1 Å². The van der Waals surface area contributed by atoms with E-state index in [9.17, 15) is 13.2 Å². The van der Waals surface area contributed by atoms with Crippen LogP contribution in [0.3, 0.4) is 0 Å². The third-order valence-corrected chi connectivity index (χ3v) is 7.73. The number of amides is 1. The minimum absolute atomic E-state index is 0.0490. The van der Waals surface area contributed by atoms with Crippen LogP contribution in [0, 0.1) is 12.8 Å². The van der Waals surface area contributed by atoms with Crippen molar-refractivity contribution in [1.82, 2.24) is 14.5 Å². The smallest absolute Gasteiger partial charge is 0.243 e. The molecular weight excluding hydrogens is 410 g/mol. The van der Waals surface area contributed by atoms with Crippen LogP contribution in [-0.4, -0.2) is 56.8 Å². The van der Waals surface area contributed by atoms with E-state index in [1.54, 1.807) is 16.4 Å². The average Bonchev–Trinajstić information content (AvgIpc) is 2.75. The number of rotatable bonds is 9. The molecule has 1 N–H and O–H groups in total. The number of carbonyl (C=O) groups is 1. The largest absolute Gasteiger partial charge is 0.355 e. The monoisotopic (exact) mass is 443 g/mol. The minimum atomic E-state index is -3.45. The molecule has 168 valence electrons. The van der Waals surface area contributed by atoms with Crippen LogP contribution in [0.15, 0.2) is 59.5 Å². The van der Waals surface area contributed by atoms with Crippen LogP contribution in [-0.2, 0) is 21.4 Å². The maximum atomic E-state index is 12.8. The molecule has 3 rings (SSSR count). The van der Waals surface area contributed by atoms with Crippen molar-refractivity contribution in [3.8, 4) is 0 Å². The first-order valence-corrected chi connectivity index (χ1v) is 12.3. The van der Waals surface area contributed by atoms with Gasteiger partial charge in [-0.05, 0) is 50.4 Å². The van der Waals surface area contributed by atoms with Crippen molar-refractivity contribution in [2.24, 2.45) is 5.92 Å². The number of piperidine rings is 1. The summed E-state index contributed by atoms with van der Waals surface area (Å²) in [6, 6.07) is 17.2. The van der Waals surface area contributed by atoms with Crippen LogP contribution in [0.1, 0.15) is 30.4 Å². The maximum Gasteiger partial charge on any atom is 0.243 e. The van der Waals surface area contributed by atoms with E-state index in [1.807, 2.05) is 44.3 Å². The third kappa shape index (κ3) is 6.89. The number of hydrogen-bond donors (Lipinski definition) is 1. The summed E-state index contributed by atoms with van der Waals surface area (Å²) in [4.78, 5) is 14.8. The Kier molecular flexibility index (Phi) is 8.23. The van der Waals surface area contributed by atoms with Crippen molar-refractivity contribution < 1.29 is 13.2 Å². The predicted molar refractivity (Wildman–Crippen MR) is 123 cm³/mol. The summed E-state index contributed by atoms with van der Waals surface area (Å²) >= 11 is 0. The van der Waals surface area contributed by atoms with Crippen LogP contribution in [0.5, 0.6) is 0 Å². The number of nitrogens with one attached hydrogen (secondary N) is 1. The van der Waals surface area contributed by atoms with Gasteiger partial charge in [0.05, 0.1) is 4.90 Å². The Balaban J connectivity index is 1.37. The van der Waals surface area contributed by atoms with Gasteiger partial charge >= 0.3 is 0 Å².